The van der Waals surface area contributed by atoms with Gasteiger partial charge in [-0.3, -0.25) is 15.1 Å². The summed E-state index contributed by atoms with van der Waals surface area (Å²) < 4.78 is 86.8. The highest BCUT2D eigenvalue weighted by Crippen LogP contribution is 2.36. The lowest BCUT2D eigenvalue weighted by molar-refractivity contribution is -0.274. The minimum atomic E-state index is -4.80. The normalized spacial score (nSPS) is 15.6. The van der Waals surface area contributed by atoms with Crippen LogP contribution in [0.5, 0.6) is 11.5 Å². The molecule has 1 aliphatic rings. The standard InChI is InChI=1S/C31H27F6N7O4S/c1-17-4-13-24(47-27(34)26(32)33)23(14-17)44-25(45)15-49-30(44)39-29(46)41-42(3)18(2)19-5-7-20(8-6-19)28-38-16-43(40-28)21-9-11-22(12-10-21)48-31(35,36)37/h4-14,16,18,26-27H,15H2,1-3H3,(H,41,46). The number of thioether (sulfide) groups is 1. The molecule has 3 aromatic carbocycles. The van der Waals surface area contributed by atoms with Gasteiger partial charge >= 0.3 is 18.8 Å². The smallest absolute Gasteiger partial charge is 0.452 e. The molecule has 0 saturated carbocycles. The summed E-state index contributed by atoms with van der Waals surface area (Å²) in [6, 6.07) is 15.3. The van der Waals surface area contributed by atoms with E-state index >= 15 is 0 Å². The number of aromatic nitrogens is 3. The molecule has 0 spiro atoms. The second-order valence-corrected chi connectivity index (χ2v) is 11.5. The lowest BCUT2D eigenvalue weighted by Gasteiger charge is -2.25. The van der Waals surface area contributed by atoms with E-state index < -0.39 is 31.1 Å². The fourth-order valence-electron chi connectivity index (χ4n) is 4.57. The molecule has 4 aromatic rings. The Hall–Kier alpha value is -5.10. The number of benzene rings is 3. The minimum Gasteiger partial charge on any atom is -0.452 e. The van der Waals surface area contributed by atoms with Gasteiger partial charge < -0.3 is 9.47 Å². The summed E-state index contributed by atoms with van der Waals surface area (Å²) in [5.41, 5.74) is 5.12. The minimum absolute atomic E-state index is 0.0283. The molecule has 0 bridgehead atoms. The van der Waals surface area contributed by atoms with Crippen molar-refractivity contribution in [3.05, 3.63) is 84.2 Å². The van der Waals surface area contributed by atoms with Crippen LogP contribution in [0, 0.1) is 6.92 Å². The van der Waals surface area contributed by atoms with Crippen molar-refractivity contribution in [2.45, 2.75) is 39.0 Å². The summed E-state index contributed by atoms with van der Waals surface area (Å²) in [4.78, 5) is 35.0. The quantitative estimate of drug-likeness (QED) is 0.141. The Balaban J connectivity index is 1.24. The van der Waals surface area contributed by atoms with Crippen LogP contribution in [0.15, 0.2) is 78.0 Å². The molecule has 1 aromatic heterocycles. The summed E-state index contributed by atoms with van der Waals surface area (Å²) >= 11 is 0.945. The van der Waals surface area contributed by atoms with Crippen LogP contribution in [-0.4, -0.2) is 68.8 Å². The molecule has 2 unspecified atom stereocenters. The predicted octanol–water partition coefficient (Wildman–Crippen LogP) is 6.83. The first-order chi connectivity index (χ1) is 23.2. The number of hydrogen-bond acceptors (Lipinski definition) is 8. The third-order valence-corrected chi connectivity index (χ3v) is 8.01. The van der Waals surface area contributed by atoms with Gasteiger partial charge in [-0.25, -0.2) is 28.3 Å². The number of aryl methyl sites for hydroxylation is 1. The van der Waals surface area contributed by atoms with Crippen molar-refractivity contribution in [1.82, 2.24) is 25.2 Å². The van der Waals surface area contributed by atoms with E-state index in [0.717, 1.165) is 22.2 Å². The predicted molar refractivity (Wildman–Crippen MR) is 168 cm³/mol. The number of carbonyl (C=O) groups excluding carboxylic acids is 2. The Bertz CT molecular complexity index is 1840. The fourth-order valence-corrected chi connectivity index (χ4v) is 5.43. The Labute approximate surface area is 279 Å². The molecule has 258 valence electrons. The van der Waals surface area contributed by atoms with E-state index in [0.29, 0.717) is 22.6 Å². The number of nitrogens with zero attached hydrogens (tertiary/aromatic N) is 6. The Morgan fingerprint density at radius 1 is 1.06 bits per heavy atom. The first kappa shape index (κ1) is 35.2. The number of urea groups is 1. The molecule has 2 atom stereocenters. The summed E-state index contributed by atoms with van der Waals surface area (Å²) in [6.07, 6.45) is -9.72. The maximum absolute atomic E-state index is 13.7. The van der Waals surface area contributed by atoms with E-state index in [9.17, 15) is 35.9 Å². The van der Waals surface area contributed by atoms with Gasteiger partial charge in [-0.15, -0.1) is 18.3 Å². The summed E-state index contributed by atoms with van der Waals surface area (Å²) in [5.74, 6) is -0.916. The molecule has 49 heavy (non-hydrogen) atoms. The van der Waals surface area contributed by atoms with Crippen molar-refractivity contribution in [1.29, 1.82) is 0 Å². The van der Waals surface area contributed by atoms with Crippen LogP contribution in [-0.2, 0) is 4.79 Å². The number of carbonyl (C=O) groups is 2. The molecule has 0 aliphatic carbocycles. The average molecular weight is 708 g/mol. The van der Waals surface area contributed by atoms with Crippen molar-refractivity contribution >= 4 is 34.6 Å². The molecule has 1 N–H and O–H groups in total. The second kappa shape index (κ2) is 14.6. The van der Waals surface area contributed by atoms with Crippen molar-refractivity contribution in [2.75, 3.05) is 17.7 Å². The molecule has 1 aliphatic heterocycles. The number of amidine groups is 1. The number of hydrogen-bond donors (Lipinski definition) is 1. The molecule has 2 heterocycles. The van der Waals surface area contributed by atoms with Gasteiger partial charge in [0.1, 0.15) is 17.8 Å². The number of ether oxygens (including phenoxy) is 2. The average Bonchev–Trinajstić information content (AvgIpc) is 3.68. The number of halogens is 6. The zero-order valence-electron chi connectivity index (χ0n) is 25.9. The first-order valence-corrected chi connectivity index (χ1v) is 15.3. The van der Waals surface area contributed by atoms with Gasteiger partial charge in [0.2, 0.25) is 5.91 Å². The monoisotopic (exact) mass is 707 g/mol. The number of hydrazine groups is 1. The molecule has 1 saturated heterocycles. The molecular formula is C31H27F6N7O4S. The Kier molecular flexibility index (Phi) is 10.5. The van der Waals surface area contributed by atoms with Gasteiger partial charge in [-0.2, -0.15) is 9.38 Å². The zero-order chi connectivity index (χ0) is 35.5. The van der Waals surface area contributed by atoms with E-state index in [-0.39, 0.29) is 34.1 Å². The molecular weight excluding hydrogens is 680 g/mol. The molecule has 18 heteroatoms. The maximum atomic E-state index is 13.7. The number of aliphatic imine (C=N–C) groups is 1. The van der Waals surface area contributed by atoms with E-state index in [2.05, 4.69) is 25.2 Å². The van der Waals surface area contributed by atoms with E-state index in [1.807, 2.05) is 6.92 Å². The topological polar surface area (TPSA) is 114 Å². The third kappa shape index (κ3) is 8.69. The number of nitrogens with one attached hydrogen (secondary N) is 1. The van der Waals surface area contributed by atoms with Gasteiger partial charge in [0, 0.05) is 12.6 Å². The van der Waals surface area contributed by atoms with Crippen LogP contribution >= 0.6 is 11.8 Å². The van der Waals surface area contributed by atoms with Crippen LogP contribution in [0.25, 0.3) is 17.1 Å². The summed E-state index contributed by atoms with van der Waals surface area (Å²) in [6.45, 7) is 3.49. The van der Waals surface area contributed by atoms with Crippen LogP contribution in [0.3, 0.4) is 0 Å². The number of anilines is 1. The second-order valence-electron chi connectivity index (χ2n) is 10.6. The SMILES string of the molecule is Cc1ccc(OC(F)C(F)F)c(N2C(=O)CSC2=NC(=O)NN(C)C(C)c2ccc(-c3ncn(-c4ccc(OC(F)(F)F)cc4)n3)cc2)c1. The first-order valence-electron chi connectivity index (χ1n) is 14.3. The van der Waals surface area contributed by atoms with Crippen LogP contribution in [0.1, 0.15) is 24.1 Å². The summed E-state index contributed by atoms with van der Waals surface area (Å²) in [5, 5.41) is 5.83. The fraction of sp³-hybridized carbons (Fsp3) is 0.258. The summed E-state index contributed by atoms with van der Waals surface area (Å²) in [7, 11) is 1.61. The van der Waals surface area contributed by atoms with Gasteiger partial charge in [0.05, 0.1) is 23.2 Å². The lowest BCUT2D eigenvalue weighted by atomic mass is 10.1. The zero-order valence-corrected chi connectivity index (χ0v) is 26.7. The van der Waals surface area contributed by atoms with Gasteiger partial charge in [0.25, 0.3) is 6.36 Å². The molecule has 3 amide bonds. The van der Waals surface area contributed by atoms with Crippen LogP contribution < -0.4 is 19.8 Å². The van der Waals surface area contributed by atoms with Crippen molar-refractivity contribution in [2.24, 2.45) is 4.99 Å². The number of rotatable bonds is 10. The van der Waals surface area contributed by atoms with Crippen LogP contribution in [0.2, 0.25) is 0 Å². The highest BCUT2D eigenvalue weighted by molar-refractivity contribution is 8.15. The van der Waals surface area contributed by atoms with Gasteiger partial charge in [-0.1, -0.05) is 42.1 Å². The molecule has 11 nitrogen and oxygen atoms in total. The number of amides is 3. The lowest BCUT2D eigenvalue weighted by Crippen LogP contribution is -2.40. The van der Waals surface area contributed by atoms with Gasteiger partial charge in [-0.05, 0) is 61.4 Å². The van der Waals surface area contributed by atoms with Crippen molar-refractivity contribution in [3.63, 3.8) is 0 Å². The highest BCUT2D eigenvalue weighted by Gasteiger charge is 2.34. The Morgan fingerprint density at radius 3 is 2.41 bits per heavy atom. The number of alkyl halides is 6. The largest absolute Gasteiger partial charge is 0.573 e. The Morgan fingerprint density at radius 2 is 1.76 bits per heavy atom. The maximum Gasteiger partial charge on any atom is 0.573 e. The third-order valence-electron chi connectivity index (χ3n) is 7.09. The van der Waals surface area contributed by atoms with E-state index in [1.165, 1.54) is 58.5 Å². The van der Waals surface area contributed by atoms with E-state index in [4.69, 9.17) is 4.74 Å². The van der Waals surface area contributed by atoms with Crippen LogP contribution in [0.4, 0.5) is 36.8 Å². The van der Waals surface area contributed by atoms with Crippen molar-refractivity contribution < 1.29 is 45.4 Å². The highest BCUT2D eigenvalue weighted by atomic mass is 32.2. The van der Waals surface area contributed by atoms with Gasteiger partial charge in [0.15, 0.2) is 11.0 Å². The van der Waals surface area contributed by atoms with Crippen molar-refractivity contribution in [3.8, 4) is 28.6 Å². The molecule has 0 radical (unpaired) electrons. The molecule has 5 rings (SSSR count). The van der Waals surface area contributed by atoms with E-state index in [1.54, 1.807) is 38.2 Å². The molecule has 1 fully saturated rings.